The summed E-state index contributed by atoms with van der Waals surface area (Å²) in [5.74, 6) is 0.424. The predicted octanol–water partition coefficient (Wildman–Crippen LogP) is 3.94. The molecule has 0 spiro atoms. The van der Waals surface area contributed by atoms with Gasteiger partial charge in [-0.15, -0.1) is 0 Å². The van der Waals surface area contributed by atoms with Crippen LogP contribution in [0.25, 0.3) is 0 Å². The van der Waals surface area contributed by atoms with E-state index in [4.69, 9.17) is 0 Å². The fourth-order valence-electron chi connectivity index (χ4n) is 2.05. The van der Waals surface area contributed by atoms with Crippen LogP contribution in [0.2, 0.25) is 0 Å². The predicted molar refractivity (Wildman–Crippen MR) is 81.1 cm³/mol. The Hall–Kier alpha value is -2.69. The third-order valence-electron chi connectivity index (χ3n) is 3.30. The number of nitro benzene ring substituents is 1. The van der Waals surface area contributed by atoms with Crippen molar-refractivity contribution in [3.8, 4) is 0 Å². The molecule has 0 aromatic heterocycles. The molecule has 2 aromatic carbocycles. The van der Waals surface area contributed by atoms with Crippen molar-refractivity contribution in [2.75, 3.05) is 0 Å². The molecule has 21 heavy (non-hydrogen) atoms. The molecule has 0 aliphatic heterocycles. The van der Waals surface area contributed by atoms with Crippen LogP contribution in [0.5, 0.6) is 0 Å². The topological polar surface area (TPSA) is 75.7 Å². The molecule has 0 unspecified atom stereocenters. The van der Waals surface area contributed by atoms with E-state index in [9.17, 15) is 15.3 Å². The highest BCUT2D eigenvalue weighted by atomic mass is 16.6. The summed E-state index contributed by atoms with van der Waals surface area (Å²) in [6.07, 6.45) is 0. The molecule has 1 N–H and O–H groups in total. The van der Waals surface area contributed by atoms with Gasteiger partial charge in [0.15, 0.2) is 0 Å². The Bertz CT molecular complexity index is 659. The average Bonchev–Trinajstić information content (AvgIpc) is 2.49. The zero-order chi connectivity index (χ0) is 15.4. The van der Waals surface area contributed by atoms with Gasteiger partial charge in [0.2, 0.25) is 0 Å². The van der Waals surface area contributed by atoms with Gasteiger partial charge in [-0.3, -0.25) is 10.1 Å². The molecule has 0 atom stereocenters. The number of non-ortho nitro benzene ring substituents is 1. The summed E-state index contributed by atoms with van der Waals surface area (Å²) in [5, 5.41) is 23.2. The van der Waals surface area contributed by atoms with E-state index in [0.29, 0.717) is 17.2 Å². The van der Waals surface area contributed by atoms with Gasteiger partial charge in [-0.1, -0.05) is 43.3 Å². The van der Waals surface area contributed by atoms with Crippen LogP contribution in [0.15, 0.2) is 53.7 Å². The lowest BCUT2D eigenvalue weighted by Gasteiger charge is -2.08. The summed E-state index contributed by atoms with van der Waals surface area (Å²) < 4.78 is 0. The van der Waals surface area contributed by atoms with Crippen LogP contribution in [0, 0.1) is 10.1 Å². The molecule has 0 amide bonds. The summed E-state index contributed by atoms with van der Waals surface area (Å²) in [6.45, 7) is 4.21. The van der Waals surface area contributed by atoms with Gasteiger partial charge in [-0.25, -0.2) is 0 Å². The first kappa shape index (κ1) is 14.7. The Morgan fingerprint density at radius 1 is 1.05 bits per heavy atom. The Labute approximate surface area is 122 Å². The second-order valence-corrected chi connectivity index (χ2v) is 5.03. The van der Waals surface area contributed by atoms with Crippen LogP contribution in [-0.4, -0.2) is 15.8 Å². The SMILES string of the molecule is CC(C)c1ccc(/C(=N/O)c2ccc([N+](=O)[O-])cc2)cc1. The summed E-state index contributed by atoms with van der Waals surface area (Å²) in [5.41, 5.74) is 2.97. The fraction of sp³-hybridized carbons (Fsp3) is 0.188. The number of hydrogen-bond acceptors (Lipinski definition) is 4. The van der Waals surface area contributed by atoms with Crippen LogP contribution < -0.4 is 0 Å². The molecule has 2 rings (SSSR count). The molecule has 0 saturated carbocycles. The first-order chi connectivity index (χ1) is 10.0. The van der Waals surface area contributed by atoms with Gasteiger partial charge in [-0.2, -0.15) is 0 Å². The first-order valence-corrected chi connectivity index (χ1v) is 6.60. The van der Waals surface area contributed by atoms with Crippen molar-refractivity contribution < 1.29 is 10.1 Å². The maximum Gasteiger partial charge on any atom is 0.269 e. The highest BCUT2D eigenvalue weighted by Gasteiger charge is 2.11. The van der Waals surface area contributed by atoms with Crippen molar-refractivity contribution >= 4 is 11.4 Å². The van der Waals surface area contributed by atoms with Crippen molar-refractivity contribution in [2.24, 2.45) is 5.16 Å². The lowest BCUT2D eigenvalue weighted by atomic mass is 9.97. The highest BCUT2D eigenvalue weighted by molar-refractivity contribution is 6.12. The molecule has 5 nitrogen and oxygen atoms in total. The third kappa shape index (κ3) is 3.25. The fourth-order valence-corrected chi connectivity index (χ4v) is 2.05. The van der Waals surface area contributed by atoms with Crippen LogP contribution in [0.3, 0.4) is 0 Å². The maximum atomic E-state index is 10.6. The van der Waals surface area contributed by atoms with E-state index < -0.39 is 4.92 Å². The van der Waals surface area contributed by atoms with E-state index in [-0.39, 0.29) is 5.69 Å². The Morgan fingerprint density at radius 3 is 1.90 bits per heavy atom. The monoisotopic (exact) mass is 284 g/mol. The molecule has 0 heterocycles. The van der Waals surface area contributed by atoms with Gasteiger partial charge in [0.05, 0.1) is 4.92 Å². The van der Waals surface area contributed by atoms with E-state index in [1.165, 1.54) is 17.7 Å². The molecular weight excluding hydrogens is 268 g/mol. The molecule has 0 bridgehead atoms. The summed E-state index contributed by atoms with van der Waals surface area (Å²) in [4.78, 5) is 10.2. The number of oxime groups is 1. The number of hydrogen-bond donors (Lipinski definition) is 1. The Kier molecular flexibility index (Phi) is 4.33. The molecule has 0 aliphatic carbocycles. The molecule has 108 valence electrons. The van der Waals surface area contributed by atoms with Gasteiger partial charge in [0.25, 0.3) is 5.69 Å². The molecule has 5 heteroatoms. The van der Waals surface area contributed by atoms with E-state index >= 15 is 0 Å². The molecule has 0 fully saturated rings. The summed E-state index contributed by atoms with van der Waals surface area (Å²) >= 11 is 0. The Balaban J connectivity index is 2.33. The minimum absolute atomic E-state index is 0.00574. The van der Waals surface area contributed by atoms with E-state index in [2.05, 4.69) is 19.0 Å². The van der Waals surface area contributed by atoms with Crippen LogP contribution >= 0.6 is 0 Å². The van der Waals surface area contributed by atoms with Crippen LogP contribution in [-0.2, 0) is 0 Å². The Morgan fingerprint density at radius 2 is 1.52 bits per heavy atom. The van der Waals surface area contributed by atoms with Crippen molar-refractivity contribution in [3.63, 3.8) is 0 Å². The second kappa shape index (κ2) is 6.17. The minimum atomic E-state index is -0.461. The van der Waals surface area contributed by atoms with E-state index in [1.807, 2.05) is 24.3 Å². The first-order valence-electron chi connectivity index (χ1n) is 6.60. The van der Waals surface area contributed by atoms with Gasteiger partial charge >= 0.3 is 0 Å². The number of benzene rings is 2. The zero-order valence-electron chi connectivity index (χ0n) is 11.9. The standard InChI is InChI=1S/C16H16N2O3/c1-11(2)12-3-5-13(6-4-12)16(17-19)14-7-9-15(10-8-14)18(20)21/h3-11,19H,1-2H3/b17-16-. The highest BCUT2D eigenvalue weighted by Crippen LogP contribution is 2.19. The largest absolute Gasteiger partial charge is 0.410 e. The van der Waals surface area contributed by atoms with Crippen molar-refractivity contribution in [2.45, 2.75) is 19.8 Å². The van der Waals surface area contributed by atoms with Gasteiger partial charge in [0.1, 0.15) is 5.71 Å². The number of nitrogens with zero attached hydrogens (tertiary/aromatic N) is 2. The lowest BCUT2D eigenvalue weighted by Crippen LogP contribution is -2.04. The van der Waals surface area contributed by atoms with Crippen molar-refractivity contribution in [3.05, 3.63) is 75.3 Å². The average molecular weight is 284 g/mol. The minimum Gasteiger partial charge on any atom is -0.410 e. The zero-order valence-corrected chi connectivity index (χ0v) is 11.9. The van der Waals surface area contributed by atoms with E-state index in [0.717, 1.165) is 5.56 Å². The lowest BCUT2D eigenvalue weighted by molar-refractivity contribution is -0.384. The number of nitro groups is 1. The summed E-state index contributed by atoms with van der Waals surface area (Å²) in [7, 11) is 0. The van der Waals surface area contributed by atoms with Gasteiger partial charge in [0, 0.05) is 23.3 Å². The third-order valence-corrected chi connectivity index (χ3v) is 3.30. The van der Waals surface area contributed by atoms with Crippen LogP contribution in [0.4, 0.5) is 5.69 Å². The van der Waals surface area contributed by atoms with E-state index in [1.54, 1.807) is 12.1 Å². The molecular formula is C16H16N2O3. The normalized spacial score (nSPS) is 11.7. The quantitative estimate of drug-likeness (QED) is 0.400. The maximum absolute atomic E-state index is 10.6. The van der Waals surface area contributed by atoms with Gasteiger partial charge < -0.3 is 5.21 Å². The molecule has 2 aromatic rings. The molecule has 0 saturated heterocycles. The van der Waals surface area contributed by atoms with Crippen LogP contribution in [0.1, 0.15) is 36.5 Å². The van der Waals surface area contributed by atoms with Crippen molar-refractivity contribution in [1.82, 2.24) is 0 Å². The smallest absolute Gasteiger partial charge is 0.269 e. The van der Waals surface area contributed by atoms with Crippen molar-refractivity contribution in [1.29, 1.82) is 0 Å². The second-order valence-electron chi connectivity index (χ2n) is 5.03. The molecule has 0 aliphatic rings. The summed E-state index contributed by atoms with van der Waals surface area (Å²) in [6, 6.07) is 13.7. The van der Waals surface area contributed by atoms with Gasteiger partial charge in [-0.05, 0) is 23.6 Å². The number of rotatable bonds is 4. The molecule has 0 radical (unpaired) electrons.